The van der Waals surface area contributed by atoms with Crippen LogP contribution in [0, 0.1) is 5.82 Å². The molecule has 2 aromatic rings. The summed E-state index contributed by atoms with van der Waals surface area (Å²) in [7, 11) is 0. The molecule has 2 unspecified atom stereocenters. The van der Waals surface area contributed by atoms with Crippen molar-refractivity contribution in [3.8, 4) is 0 Å². The molecule has 0 bridgehead atoms. The van der Waals surface area contributed by atoms with E-state index in [-0.39, 0.29) is 17.9 Å². The highest BCUT2D eigenvalue weighted by Crippen LogP contribution is 2.22. The van der Waals surface area contributed by atoms with Gasteiger partial charge in [0.15, 0.2) is 0 Å². The summed E-state index contributed by atoms with van der Waals surface area (Å²) in [6.07, 6.45) is 0.910. The van der Waals surface area contributed by atoms with E-state index in [1.54, 1.807) is 6.07 Å². The van der Waals surface area contributed by atoms with Gasteiger partial charge < -0.3 is 5.32 Å². The maximum atomic E-state index is 13.9. The van der Waals surface area contributed by atoms with Gasteiger partial charge in [-0.2, -0.15) is 0 Å². The van der Waals surface area contributed by atoms with E-state index in [9.17, 15) is 4.39 Å². The van der Waals surface area contributed by atoms with Crippen LogP contribution in [0.5, 0.6) is 0 Å². The van der Waals surface area contributed by atoms with Gasteiger partial charge in [0.2, 0.25) is 0 Å². The Hall–Kier alpha value is -0.710. The molecule has 0 saturated heterocycles. The maximum absolute atomic E-state index is 13.9. The lowest BCUT2D eigenvalue weighted by Gasteiger charge is -2.21. The predicted molar refractivity (Wildman–Crippen MR) is 93.0 cm³/mol. The highest BCUT2D eigenvalue weighted by atomic mass is 79.9. The van der Waals surface area contributed by atoms with E-state index in [4.69, 9.17) is 0 Å². The van der Waals surface area contributed by atoms with E-state index in [0.717, 1.165) is 15.4 Å². The number of hydrogen-bond acceptors (Lipinski definition) is 1. The first kappa shape index (κ1) is 16.7. The van der Waals surface area contributed by atoms with E-state index in [2.05, 4.69) is 56.2 Å². The van der Waals surface area contributed by atoms with Crippen LogP contribution in [0.25, 0.3) is 0 Å². The molecule has 112 valence electrons. The minimum atomic E-state index is -0.172. The second-order valence-corrected chi connectivity index (χ2v) is 7.12. The minimum Gasteiger partial charge on any atom is -0.307 e. The molecule has 0 amide bonds. The molecule has 2 rings (SSSR count). The molecule has 0 saturated carbocycles. The van der Waals surface area contributed by atoms with E-state index < -0.39 is 0 Å². The smallest absolute Gasteiger partial charge is 0.128 e. The highest BCUT2D eigenvalue weighted by molar-refractivity contribution is 9.10. The third kappa shape index (κ3) is 4.90. The summed E-state index contributed by atoms with van der Waals surface area (Å²) in [5, 5.41) is 3.45. The number of hydrogen-bond donors (Lipinski definition) is 1. The first-order chi connectivity index (χ1) is 9.95. The fourth-order valence-electron chi connectivity index (χ4n) is 2.40. The second kappa shape index (κ2) is 7.52. The Morgan fingerprint density at radius 2 is 1.62 bits per heavy atom. The highest BCUT2D eigenvalue weighted by Gasteiger charge is 2.14. The van der Waals surface area contributed by atoms with Crippen LogP contribution >= 0.6 is 31.9 Å². The molecule has 1 N–H and O–H groups in total. The van der Waals surface area contributed by atoms with Crippen LogP contribution in [0.15, 0.2) is 51.4 Å². The van der Waals surface area contributed by atoms with E-state index in [1.807, 2.05) is 25.1 Å². The van der Waals surface area contributed by atoms with E-state index in [0.29, 0.717) is 5.56 Å². The van der Waals surface area contributed by atoms with Crippen LogP contribution < -0.4 is 5.32 Å². The summed E-state index contributed by atoms with van der Waals surface area (Å²) >= 11 is 6.83. The Morgan fingerprint density at radius 3 is 2.29 bits per heavy atom. The lowest BCUT2D eigenvalue weighted by atomic mass is 10.0. The maximum Gasteiger partial charge on any atom is 0.128 e. The number of benzene rings is 2. The standard InChI is InChI=1S/C17H18Br2FN/c1-11(9-13-3-5-14(18)6-4-13)21-12(2)16-10-15(19)7-8-17(16)20/h3-8,10-12,21H,9H2,1-2H3. The van der Waals surface area contributed by atoms with Crippen LogP contribution in [-0.4, -0.2) is 6.04 Å². The first-order valence-electron chi connectivity index (χ1n) is 6.91. The summed E-state index contributed by atoms with van der Waals surface area (Å²) in [5.41, 5.74) is 1.95. The van der Waals surface area contributed by atoms with E-state index in [1.165, 1.54) is 11.6 Å². The molecule has 2 atom stereocenters. The van der Waals surface area contributed by atoms with Gasteiger partial charge in [0.25, 0.3) is 0 Å². The molecular formula is C17H18Br2FN. The van der Waals surface area contributed by atoms with Gasteiger partial charge in [-0.05, 0) is 56.2 Å². The second-order valence-electron chi connectivity index (χ2n) is 5.29. The first-order valence-corrected chi connectivity index (χ1v) is 8.49. The molecule has 0 aliphatic rings. The van der Waals surface area contributed by atoms with Gasteiger partial charge in [-0.15, -0.1) is 0 Å². The zero-order chi connectivity index (χ0) is 15.4. The Kier molecular flexibility index (Phi) is 5.97. The third-order valence-electron chi connectivity index (χ3n) is 3.41. The largest absolute Gasteiger partial charge is 0.307 e. The van der Waals surface area contributed by atoms with Crippen molar-refractivity contribution in [3.05, 3.63) is 68.4 Å². The molecule has 2 aromatic carbocycles. The van der Waals surface area contributed by atoms with Gasteiger partial charge in [-0.1, -0.05) is 44.0 Å². The summed E-state index contributed by atoms with van der Waals surface area (Å²) in [6.45, 7) is 4.11. The SMILES string of the molecule is CC(Cc1ccc(Br)cc1)NC(C)c1cc(Br)ccc1F. The van der Waals surface area contributed by atoms with Gasteiger partial charge in [-0.3, -0.25) is 0 Å². The molecule has 21 heavy (non-hydrogen) atoms. The fourth-order valence-corrected chi connectivity index (χ4v) is 3.04. The quantitative estimate of drug-likeness (QED) is 0.668. The zero-order valence-corrected chi connectivity index (χ0v) is 15.2. The summed E-state index contributed by atoms with van der Waals surface area (Å²) < 4.78 is 15.9. The van der Waals surface area contributed by atoms with Crippen molar-refractivity contribution >= 4 is 31.9 Å². The van der Waals surface area contributed by atoms with Gasteiger partial charge in [0.05, 0.1) is 0 Å². The Morgan fingerprint density at radius 1 is 1.00 bits per heavy atom. The van der Waals surface area contributed by atoms with Crippen molar-refractivity contribution in [1.82, 2.24) is 5.32 Å². The van der Waals surface area contributed by atoms with Gasteiger partial charge in [-0.25, -0.2) is 4.39 Å². The summed E-state index contributed by atoms with van der Waals surface area (Å²) in [5.74, 6) is -0.172. The Labute approximate surface area is 142 Å². The molecule has 0 aliphatic heterocycles. The van der Waals surface area contributed by atoms with Crippen molar-refractivity contribution in [2.24, 2.45) is 0 Å². The fraction of sp³-hybridized carbons (Fsp3) is 0.294. The molecule has 0 spiro atoms. The monoisotopic (exact) mass is 413 g/mol. The van der Waals surface area contributed by atoms with Gasteiger partial charge in [0, 0.05) is 26.6 Å². The lowest BCUT2D eigenvalue weighted by Crippen LogP contribution is -2.31. The zero-order valence-electron chi connectivity index (χ0n) is 12.0. The van der Waals surface area contributed by atoms with Crippen LogP contribution in [0.1, 0.15) is 31.0 Å². The lowest BCUT2D eigenvalue weighted by molar-refractivity contribution is 0.460. The Bertz CT molecular complexity index is 598. The predicted octanol–water partition coefficient (Wildman–Crippen LogP) is 5.63. The molecule has 0 aromatic heterocycles. The average Bonchev–Trinajstić information content (AvgIpc) is 2.44. The van der Waals surface area contributed by atoms with Crippen LogP contribution in [-0.2, 0) is 6.42 Å². The number of halogens is 3. The number of nitrogens with one attached hydrogen (secondary N) is 1. The molecule has 0 heterocycles. The van der Waals surface area contributed by atoms with Gasteiger partial charge in [0.1, 0.15) is 5.82 Å². The van der Waals surface area contributed by atoms with Crippen molar-refractivity contribution in [1.29, 1.82) is 0 Å². The van der Waals surface area contributed by atoms with Crippen molar-refractivity contribution in [2.75, 3.05) is 0 Å². The topological polar surface area (TPSA) is 12.0 Å². The Balaban J connectivity index is 2.00. The molecule has 1 nitrogen and oxygen atoms in total. The average molecular weight is 415 g/mol. The van der Waals surface area contributed by atoms with Crippen LogP contribution in [0.3, 0.4) is 0 Å². The molecule has 0 fully saturated rings. The molecular weight excluding hydrogens is 397 g/mol. The van der Waals surface area contributed by atoms with E-state index >= 15 is 0 Å². The molecule has 0 aliphatic carbocycles. The van der Waals surface area contributed by atoms with Crippen LogP contribution in [0.2, 0.25) is 0 Å². The van der Waals surface area contributed by atoms with Crippen molar-refractivity contribution in [2.45, 2.75) is 32.4 Å². The van der Waals surface area contributed by atoms with Crippen LogP contribution in [0.4, 0.5) is 4.39 Å². The normalized spacial score (nSPS) is 14.0. The van der Waals surface area contributed by atoms with Crippen molar-refractivity contribution < 1.29 is 4.39 Å². The molecule has 0 radical (unpaired) electrons. The molecule has 4 heteroatoms. The minimum absolute atomic E-state index is 0.0343. The third-order valence-corrected chi connectivity index (χ3v) is 4.44. The summed E-state index contributed by atoms with van der Waals surface area (Å²) in [4.78, 5) is 0. The number of rotatable bonds is 5. The van der Waals surface area contributed by atoms with Gasteiger partial charge >= 0.3 is 0 Å². The van der Waals surface area contributed by atoms with Crippen molar-refractivity contribution in [3.63, 3.8) is 0 Å². The summed E-state index contributed by atoms with van der Waals surface area (Å²) in [6, 6.07) is 13.6.